The van der Waals surface area contributed by atoms with E-state index in [-0.39, 0.29) is 0 Å². The molecule has 0 N–H and O–H groups in total. The molecule has 0 radical (unpaired) electrons. The van der Waals surface area contributed by atoms with Gasteiger partial charge < -0.3 is 0 Å². The van der Waals surface area contributed by atoms with E-state index in [0.29, 0.717) is 5.04 Å². The minimum Gasteiger partial charge on any atom is -0.126 e. The molecular weight excluding hydrogens is 204 g/mol. The van der Waals surface area contributed by atoms with Gasteiger partial charge in [-0.1, -0.05) is 40.3 Å². The summed E-state index contributed by atoms with van der Waals surface area (Å²) in [6.45, 7) is 10.7. The average molecular weight is 223 g/mol. The molecule has 0 rings (SSSR count). The molecule has 62 valence electrons. The van der Waals surface area contributed by atoms with Crippen LogP contribution in [0.5, 0.6) is 0 Å². The fourth-order valence-corrected chi connectivity index (χ4v) is 2.36. The van der Waals surface area contributed by atoms with Gasteiger partial charge in [-0.15, -0.1) is 15.3 Å². The Hall–Kier alpha value is 0.697. The molecular formula is C8H19BrSi. The van der Waals surface area contributed by atoms with Crippen LogP contribution in [-0.2, 0) is 0 Å². The topological polar surface area (TPSA) is 0 Å². The summed E-state index contributed by atoms with van der Waals surface area (Å²) in [6.07, 6.45) is 2.65. The molecule has 0 atom stereocenters. The van der Waals surface area contributed by atoms with Gasteiger partial charge in [0.2, 0.25) is 0 Å². The van der Waals surface area contributed by atoms with Gasteiger partial charge >= 0.3 is 0 Å². The maximum absolute atomic E-state index is 3.84. The molecule has 0 amide bonds. The summed E-state index contributed by atoms with van der Waals surface area (Å²) in [6, 6.07) is 0. The van der Waals surface area contributed by atoms with Crippen LogP contribution in [0.4, 0.5) is 0 Å². The lowest BCUT2D eigenvalue weighted by atomic mass is 10.1. The first kappa shape index (κ1) is 10.7. The highest BCUT2D eigenvalue weighted by molar-refractivity contribution is 9.26. The first-order valence-corrected chi connectivity index (χ1v) is 9.26. The molecule has 0 bridgehead atoms. The average Bonchev–Trinajstić information content (AvgIpc) is 1.61. The van der Waals surface area contributed by atoms with Crippen LogP contribution in [0.2, 0.25) is 18.1 Å². The standard InChI is InChI=1S/C8H19BrSi/c1-6-7-8(2,3)10(4,5)9/h6-7H2,1-5H3. The Morgan fingerprint density at radius 1 is 1.30 bits per heavy atom. The summed E-state index contributed by atoms with van der Waals surface area (Å²) in [5.41, 5.74) is 0. The van der Waals surface area contributed by atoms with Gasteiger partial charge in [0.1, 0.15) is 6.69 Å². The summed E-state index contributed by atoms with van der Waals surface area (Å²) >= 11 is 3.84. The van der Waals surface area contributed by atoms with E-state index in [2.05, 4.69) is 49.2 Å². The zero-order valence-corrected chi connectivity index (χ0v) is 10.4. The third kappa shape index (κ3) is 2.75. The van der Waals surface area contributed by atoms with Gasteiger partial charge in [-0.05, 0) is 11.5 Å². The summed E-state index contributed by atoms with van der Waals surface area (Å²) in [5.74, 6) is 0. The highest BCUT2D eigenvalue weighted by Gasteiger charge is 2.35. The molecule has 0 aromatic rings. The van der Waals surface area contributed by atoms with Crippen molar-refractivity contribution in [2.75, 3.05) is 0 Å². The summed E-state index contributed by atoms with van der Waals surface area (Å²) < 4.78 is 0. The second-order valence-electron chi connectivity index (χ2n) is 4.11. The maximum Gasteiger partial charge on any atom is 0.129 e. The lowest BCUT2D eigenvalue weighted by molar-refractivity contribution is 0.582. The van der Waals surface area contributed by atoms with Crippen LogP contribution in [-0.4, -0.2) is 6.69 Å². The quantitative estimate of drug-likeness (QED) is 0.497. The lowest BCUT2D eigenvalue weighted by Crippen LogP contribution is -2.31. The number of halogens is 1. The Labute approximate surface area is 74.0 Å². The Balaban J connectivity index is 4.10. The molecule has 0 saturated carbocycles. The minimum absolute atomic E-state index is 0.543. The Morgan fingerprint density at radius 3 is 1.80 bits per heavy atom. The van der Waals surface area contributed by atoms with Gasteiger partial charge in [0.25, 0.3) is 0 Å². The van der Waals surface area contributed by atoms with Crippen molar-refractivity contribution in [3.8, 4) is 0 Å². The van der Waals surface area contributed by atoms with Crippen LogP contribution in [0.1, 0.15) is 33.6 Å². The highest BCUT2D eigenvalue weighted by Crippen LogP contribution is 2.44. The Bertz CT molecular complexity index is 102. The highest BCUT2D eigenvalue weighted by atomic mass is 79.9. The smallest absolute Gasteiger partial charge is 0.126 e. The van der Waals surface area contributed by atoms with Crippen molar-refractivity contribution in [2.45, 2.75) is 51.7 Å². The van der Waals surface area contributed by atoms with E-state index in [1.54, 1.807) is 0 Å². The van der Waals surface area contributed by atoms with Crippen LogP contribution in [0.15, 0.2) is 0 Å². The van der Waals surface area contributed by atoms with Gasteiger partial charge in [0, 0.05) is 0 Å². The van der Waals surface area contributed by atoms with Crippen LogP contribution in [0, 0.1) is 0 Å². The van der Waals surface area contributed by atoms with Crippen LogP contribution in [0.25, 0.3) is 0 Å². The molecule has 0 aliphatic rings. The number of hydrogen-bond donors (Lipinski definition) is 0. The monoisotopic (exact) mass is 222 g/mol. The summed E-state index contributed by atoms with van der Waals surface area (Å²) in [4.78, 5) is 0. The van der Waals surface area contributed by atoms with Crippen LogP contribution in [0.3, 0.4) is 0 Å². The maximum atomic E-state index is 3.84. The van der Waals surface area contributed by atoms with Gasteiger partial charge in [0.15, 0.2) is 0 Å². The zero-order valence-electron chi connectivity index (χ0n) is 7.79. The lowest BCUT2D eigenvalue weighted by Gasteiger charge is -2.34. The largest absolute Gasteiger partial charge is 0.129 e. The van der Waals surface area contributed by atoms with E-state index in [9.17, 15) is 0 Å². The van der Waals surface area contributed by atoms with E-state index in [4.69, 9.17) is 0 Å². The molecule has 2 heteroatoms. The fourth-order valence-electron chi connectivity index (χ4n) is 0.922. The number of rotatable bonds is 3. The molecule has 0 saturated heterocycles. The molecule has 0 aliphatic heterocycles. The predicted octanol–water partition coefficient (Wildman–Crippen LogP) is 4.17. The predicted molar refractivity (Wildman–Crippen MR) is 55.4 cm³/mol. The molecule has 0 nitrogen and oxygen atoms in total. The normalized spacial score (nSPS) is 13.8. The molecule has 0 fully saturated rings. The zero-order chi connectivity index (χ0) is 8.41. The van der Waals surface area contributed by atoms with Gasteiger partial charge in [-0.2, -0.15) is 0 Å². The SMILES string of the molecule is CCCC(C)(C)[Si](C)(C)Br. The van der Waals surface area contributed by atoms with Gasteiger partial charge in [-0.3, -0.25) is 0 Å². The Morgan fingerprint density at radius 2 is 1.70 bits per heavy atom. The van der Waals surface area contributed by atoms with E-state index >= 15 is 0 Å². The first-order chi connectivity index (χ1) is 4.31. The second-order valence-corrected chi connectivity index (χ2v) is 14.4. The number of hydrogen-bond acceptors (Lipinski definition) is 0. The Kier molecular flexibility index (Phi) is 3.63. The summed E-state index contributed by atoms with van der Waals surface area (Å²) in [5, 5.41) is 0.543. The third-order valence-corrected chi connectivity index (χ3v) is 9.17. The molecule has 0 spiro atoms. The van der Waals surface area contributed by atoms with Crippen molar-refractivity contribution in [2.24, 2.45) is 0 Å². The molecule has 0 unspecified atom stereocenters. The van der Waals surface area contributed by atoms with E-state index < -0.39 is 6.69 Å². The van der Waals surface area contributed by atoms with Gasteiger partial charge in [-0.25, -0.2) is 0 Å². The molecule has 10 heavy (non-hydrogen) atoms. The fraction of sp³-hybridized carbons (Fsp3) is 1.00. The molecule has 0 heterocycles. The van der Waals surface area contributed by atoms with Crippen molar-refractivity contribution in [3.63, 3.8) is 0 Å². The molecule has 0 aromatic heterocycles. The van der Waals surface area contributed by atoms with E-state index in [1.165, 1.54) is 12.8 Å². The van der Waals surface area contributed by atoms with Crippen LogP contribution < -0.4 is 0 Å². The summed E-state index contributed by atoms with van der Waals surface area (Å²) in [7, 11) is 0. The van der Waals surface area contributed by atoms with Crippen LogP contribution >= 0.6 is 15.3 Å². The van der Waals surface area contributed by atoms with Crippen molar-refractivity contribution >= 4 is 22.0 Å². The van der Waals surface area contributed by atoms with E-state index in [1.807, 2.05) is 0 Å². The van der Waals surface area contributed by atoms with Crippen molar-refractivity contribution in [1.82, 2.24) is 0 Å². The second kappa shape index (κ2) is 3.40. The first-order valence-electron chi connectivity index (χ1n) is 4.00. The van der Waals surface area contributed by atoms with E-state index in [0.717, 1.165) is 0 Å². The molecule has 0 aliphatic carbocycles. The van der Waals surface area contributed by atoms with Crippen molar-refractivity contribution < 1.29 is 0 Å². The van der Waals surface area contributed by atoms with Gasteiger partial charge in [0.05, 0.1) is 0 Å². The minimum atomic E-state index is -1.09. The van der Waals surface area contributed by atoms with Crippen molar-refractivity contribution in [3.05, 3.63) is 0 Å². The molecule has 0 aromatic carbocycles. The third-order valence-electron chi connectivity index (χ3n) is 2.48. The van der Waals surface area contributed by atoms with Crippen molar-refractivity contribution in [1.29, 1.82) is 0 Å².